The van der Waals surface area contributed by atoms with E-state index in [1.54, 1.807) is 7.11 Å². The lowest BCUT2D eigenvalue weighted by molar-refractivity contribution is 0.108. The Kier molecular flexibility index (Phi) is 7.21. The summed E-state index contributed by atoms with van der Waals surface area (Å²) in [5.41, 5.74) is 1.15. The molecule has 3 nitrogen and oxygen atoms in total. The topological polar surface area (TPSA) is 30.5 Å². The Balaban J connectivity index is 2.56. The lowest BCUT2D eigenvalue weighted by Crippen LogP contribution is -2.37. The summed E-state index contributed by atoms with van der Waals surface area (Å²) < 4.78 is 10.6. The van der Waals surface area contributed by atoms with Crippen molar-refractivity contribution in [1.29, 1.82) is 0 Å². The number of benzene rings is 1. The lowest BCUT2D eigenvalue weighted by atomic mass is 10.0. The number of hydrogen-bond acceptors (Lipinski definition) is 3. The Hall–Kier alpha value is -0.770. The Morgan fingerprint density at radius 3 is 2.58 bits per heavy atom. The van der Waals surface area contributed by atoms with Gasteiger partial charge in [-0.2, -0.15) is 0 Å². The Morgan fingerprint density at radius 2 is 2.05 bits per heavy atom. The fourth-order valence-electron chi connectivity index (χ4n) is 1.80. The van der Waals surface area contributed by atoms with Crippen LogP contribution in [0.15, 0.2) is 18.2 Å². The second-order valence-electron chi connectivity index (χ2n) is 4.86. The first kappa shape index (κ1) is 16.3. The van der Waals surface area contributed by atoms with Crippen molar-refractivity contribution in [1.82, 2.24) is 5.32 Å². The van der Waals surface area contributed by atoms with Crippen LogP contribution in [0.1, 0.15) is 26.3 Å². The van der Waals surface area contributed by atoms with Crippen molar-refractivity contribution in [2.75, 3.05) is 20.3 Å². The minimum atomic E-state index is 0.348. The molecule has 0 radical (unpaired) electrons. The smallest absolute Gasteiger partial charge is 0.137 e. The average molecular weight is 286 g/mol. The van der Waals surface area contributed by atoms with Gasteiger partial charge in [0.1, 0.15) is 5.75 Å². The Labute approximate surface area is 121 Å². The van der Waals surface area contributed by atoms with E-state index in [9.17, 15) is 0 Å². The third kappa shape index (κ3) is 5.39. The molecule has 1 N–H and O–H groups in total. The molecule has 0 aliphatic rings. The van der Waals surface area contributed by atoms with Crippen molar-refractivity contribution >= 4 is 11.6 Å². The summed E-state index contributed by atoms with van der Waals surface area (Å²) in [5, 5.41) is 4.16. The van der Waals surface area contributed by atoms with Gasteiger partial charge in [0.25, 0.3) is 0 Å². The zero-order valence-electron chi connectivity index (χ0n) is 12.2. The summed E-state index contributed by atoms with van der Waals surface area (Å²) in [7, 11) is 1.62. The molecule has 0 aliphatic heterocycles. The maximum atomic E-state index is 6.11. The largest absolute Gasteiger partial charge is 0.495 e. The molecule has 1 aromatic rings. The van der Waals surface area contributed by atoms with Gasteiger partial charge in [0.05, 0.1) is 18.7 Å². The van der Waals surface area contributed by atoms with Crippen LogP contribution in [-0.2, 0) is 11.3 Å². The van der Waals surface area contributed by atoms with Gasteiger partial charge in [-0.05, 0) is 30.5 Å². The molecule has 1 atom stereocenters. The summed E-state index contributed by atoms with van der Waals surface area (Å²) in [6, 6.07) is 6.20. The van der Waals surface area contributed by atoms with Crippen LogP contribution >= 0.6 is 11.6 Å². The molecule has 0 bridgehead atoms. The molecule has 0 fully saturated rings. The first-order valence-corrected chi connectivity index (χ1v) is 7.09. The van der Waals surface area contributed by atoms with E-state index in [4.69, 9.17) is 21.1 Å². The number of hydrogen-bond donors (Lipinski definition) is 1. The van der Waals surface area contributed by atoms with Crippen LogP contribution in [0.4, 0.5) is 0 Å². The SMILES string of the molecule is CCOCC(NCc1ccc(OC)c(Cl)c1)C(C)C. The van der Waals surface area contributed by atoms with Crippen LogP contribution in [0.2, 0.25) is 5.02 Å². The van der Waals surface area contributed by atoms with E-state index in [2.05, 4.69) is 19.2 Å². The van der Waals surface area contributed by atoms with Crippen LogP contribution in [-0.4, -0.2) is 26.4 Å². The molecule has 108 valence electrons. The van der Waals surface area contributed by atoms with Crippen molar-refractivity contribution in [2.45, 2.75) is 33.4 Å². The van der Waals surface area contributed by atoms with Crippen LogP contribution < -0.4 is 10.1 Å². The van der Waals surface area contributed by atoms with Crippen molar-refractivity contribution in [3.05, 3.63) is 28.8 Å². The zero-order chi connectivity index (χ0) is 14.3. The molecule has 0 saturated carbocycles. The molecular formula is C15H24ClNO2. The first-order chi connectivity index (χ1) is 9.08. The van der Waals surface area contributed by atoms with Crippen LogP contribution in [0.5, 0.6) is 5.75 Å². The minimum Gasteiger partial charge on any atom is -0.495 e. The predicted molar refractivity (Wildman–Crippen MR) is 80.0 cm³/mol. The highest BCUT2D eigenvalue weighted by molar-refractivity contribution is 6.32. The van der Waals surface area contributed by atoms with E-state index >= 15 is 0 Å². The summed E-state index contributed by atoms with van der Waals surface area (Å²) in [4.78, 5) is 0. The third-order valence-electron chi connectivity index (χ3n) is 3.09. The molecule has 0 heterocycles. The van der Waals surface area contributed by atoms with E-state index in [0.717, 1.165) is 25.3 Å². The van der Waals surface area contributed by atoms with Gasteiger partial charge in [0.2, 0.25) is 0 Å². The van der Waals surface area contributed by atoms with E-state index < -0.39 is 0 Å². The summed E-state index contributed by atoms with van der Waals surface area (Å²) >= 11 is 6.11. The quantitative estimate of drug-likeness (QED) is 0.793. The van der Waals surface area contributed by atoms with Gasteiger partial charge in [0, 0.05) is 19.2 Å². The highest BCUT2D eigenvalue weighted by Gasteiger charge is 2.13. The number of rotatable bonds is 8. The molecule has 1 aromatic carbocycles. The standard InChI is InChI=1S/C15H24ClNO2/c1-5-19-10-14(11(2)3)17-9-12-6-7-15(18-4)13(16)8-12/h6-8,11,14,17H,5,9-10H2,1-4H3. The fourth-order valence-corrected chi connectivity index (χ4v) is 2.08. The molecule has 1 unspecified atom stereocenters. The maximum absolute atomic E-state index is 6.11. The molecular weight excluding hydrogens is 262 g/mol. The molecule has 0 amide bonds. The van der Waals surface area contributed by atoms with E-state index in [1.165, 1.54) is 0 Å². The van der Waals surface area contributed by atoms with Gasteiger partial charge < -0.3 is 14.8 Å². The number of nitrogens with one attached hydrogen (secondary N) is 1. The highest BCUT2D eigenvalue weighted by atomic mass is 35.5. The summed E-state index contributed by atoms with van der Waals surface area (Å²) in [6.07, 6.45) is 0. The van der Waals surface area contributed by atoms with Crippen molar-refractivity contribution < 1.29 is 9.47 Å². The number of halogens is 1. The normalized spacial score (nSPS) is 12.7. The molecule has 0 saturated heterocycles. The van der Waals surface area contributed by atoms with Crippen LogP contribution in [0.3, 0.4) is 0 Å². The molecule has 19 heavy (non-hydrogen) atoms. The molecule has 0 spiro atoms. The fraction of sp³-hybridized carbons (Fsp3) is 0.600. The summed E-state index contributed by atoms with van der Waals surface area (Å²) in [6.45, 7) is 8.66. The van der Waals surface area contributed by atoms with Crippen molar-refractivity contribution in [3.63, 3.8) is 0 Å². The molecule has 1 rings (SSSR count). The van der Waals surface area contributed by atoms with Gasteiger partial charge in [-0.15, -0.1) is 0 Å². The zero-order valence-corrected chi connectivity index (χ0v) is 13.0. The minimum absolute atomic E-state index is 0.348. The van der Waals surface area contributed by atoms with Gasteiger partial charge in [-0.1, -0.05) is 31.5 Å². The highest BCUT2D eigenvalue weighted by Crippen LogP contribution is 2.24. The predicted octanol–water partition coefficient (Wildman–Crippen LogP) is 3.50. The molecule has 0 aliphatic carbocycles. The van der Waals surface area contributed by atoms with Crippen molar-refractivity contribution in [2.24, 2.45) is 5.92 Å². The number of ether oxygens (including phenoxy) is 2. The Morgan fingerprint density at radius 1 is 1.32 bits per heavy atom. The van der Waals surface area contributed by atoms with E-state index in [1.807, 2.05) is 25.1 Å². The molecule has 0 aromatic heterocycles. The average Bonchev–Trinajstić information content (AvgIpc) is 2.38. The Bertz CT molecular complexity index is 382. The maximum Gasteiger partial charge on any atom is 0.137 e. The number of methoxy groups -OCH3 is 1. The first-order valence-electron chi connectivity index (χ1n) is 6.72. The molecule has 4 heteroatoms. The third-order valence-corrected chi connectivity index (χ3v) is 3.39. The summed E-state index contributed by atoms with van der Waals surface area (Å²) in [5.74, 6) is 1.24. The van der Waals surface area contributed by atoms with Crippen LogP contribution in [0, 0.1) is 5.92 Å². The van der Waals surface area contributed by atoms with Crippen LogP contribution in [0.25, 0.3) is 0 Å². The van der Waals surface area contributed by atoms with E-state index in [0.29, 0.717) is 22.7 Å². The van der Waals surface area contributed by atoms with Gasteiger partial charge in [-0.25, -0.2) is 0 Å². The lowest BCUT2D eigenvalue weighted by Gasteiger charge is -2.22. The van der Waals surface area contributed by atoms with Gasteiger partial charge >= 0.3 is 0 Å². The van der Waals surface area contributed by atoms with Gasteiger partial charge in [-0.3, -0.25) is 0 Å². The van der Waals surface area contributed by atoms with E-state index in [-0.39, 0.29) is 0 Å². The van der Waals surface area contributed by atoms with Crippen molar-refractivity contribution in [3.8, 4) is 5.75 Å². The van der Waals surface area contributed by atoms with Gasteiger partial charge in [0.15, 0.2) is 0 Å². The second kappa shape index (κ2) is 8.41. The monoisotopic (exact) mass is 285 g/mol. The second-order valence-corrected chi connectivity index (χ2v) is 5.27.